The Morgan fingerprint density at radius 3 is 1.46 bits per heavy atom. The molecule has 11 aliphatic rings. The number of nitrogens with zero attached hydrogens (tertiary/aromatic N) is 9. The maximum atomic E-state index is 5.26. The lowest BCUT2D eigenvalue weighted by Gasteiger charge is -2.15. The number of benzene rings is 2. The van der Waals surface area contributed by atoms with Crippen LogP contribution in [0, 0.1) is 0 Å². The number of anilines is 2. The van der Waals surface area contributed by atoms with Gasteiger partial charge < -0.3 is 49.7 Å². The minimum absolute atomic E-state index is 0.320. The SMILES string of the molecule is c1cc2c(cn1)CCC2.c1cc2c(cn1)CCN2.c1cc2c(cn1)CCO2.c1cc2c(cn1)CNC2.c1cc2c(cn1)COC2.c1cc2c(cn1)NCC2.c1cc2c(cn1)OCC2.c1cc2c(cn1)OCO2.c1ccc2c(c1)CCCC2.c1ccc2c(c1)CCNC2.c1cnc2c(c1)COC2. The summed E-state index contributed by atoms with van der Waals surface area (Å²) in [5, 5.41) is 13.1. The van der Waals surface area contributed by atoms with Gasteiger partial charge in [-0.2, -0.15) is 0 Å². The summed E-state index contributed by atoms with van der Waals surface area (Å²) in [4.78, 5) is 36.0. The van der Waals surface area contributed by atoms with Gasteiger partial charge in [-0.05, 0) is 180 Å². The Balaban J connectivity index is 0.000000105. The molecule has 9 aliphatic heterocycles. The Morgan fingerprint density at radius 2 is 0.752 bits per heavy atom. The molecule has 0 saturated heterocycles. The summed E-state index contributed by atoms with van der Waals surface area (Å²) in [5.41, 5.74) is 24.4. The summed E-state index contributed by atoms with van der Waals surface area (Å²) in [6, 6.07) is 37.4. The zero-order chi connectivity index (χ0) is 68.6. The number of hydrogen-bond donors (Lipinski definition) is 4. The molecule has 0 unspecified atom stereocenters. The first kappa shape index (κ1) is 70.3. The molecule has 19 heteroatoms. The van der Waals surface area contributed by atoms with E-state index in [-0.39, 0.29) is 0 Å². The van der Waals surface area contributed by atoms with E-state index in [0.29, 0.717) is 13.4 Å². The average Bonchev–Trinajstić information content (AvgIpc) is 2.26. The van der Waals surface area contributed by atoms with Crippen LogP contribution in [-0.2, 0) is 113 Å². The van der Waals surface area contributed by atoms with Gasteiger partial charge in [-0.15, -0.1) is 0 Å². The molecule has 19 nitrogen and oxygen atoms in total. The van der Waals surface area contributed by atoms with Crippen LogP contribution in [0.15, 0.2) is 215 Å². The number of aryl methyl sites for hydroxylation is 4. The highest BCUT2D eigenvalue weighted by Crippen LogP contribution is 2.30. The van der Waals surface area contributed by atoms with Gasteiger partial charge in [0.05, 0.1) is 69.6 Å². The van der Waals surface area contributed by atoms with Gasteiger partial charge in [0.15, 0.2) is 11.5 Å². The minimum atomic E-state index is 0.320. The van der Waals surface area contributed by atoms with Crippen LogP contribution >= 0.6 is 0 Å². The second-order valence-corrected chi connectivity index (χ2v) is 25.0. The predicted molar refractivity (Wildman–Crippen MR) is 392 cm³/mol. The van der Waals surface area contributed by atoms with Gasteiger partial charge in [-0.25, -0.2) is 0 Å². The maximum absolute atomic E-state index is 5.26. The standard InChI is InChI=1S/C10H12.C9H11N.C8H9N.3C7H8N2.4C7H7NO.C6H5NO2/c1-2-6-10-8-4-3-7-9(10)5-1;1-2-4-9-7-10-6-5-8(9)3-1;1-2-7-4-5-9-6-8(7)3-1;1-4-9-7-2-3-8-5-6(1)7;1-3-8-5-7-6(1)2-4-9-7;1-2-8-4-7-5-9-3-6(1)7;1-3-8-5-6-2-4-9-7(1)6;1-3-8-5-7-6(1)2-4-9-7;1-2-8-3-7-5-9-4-6(1)7;1-2-6-4-9-5-7(6)8-3-1;1-2-7-3-6-5(1)8-4-9-6/h1-2,5-6H,3-4,7-8H2;1-4,10H,5-7H2;4-6H,1-3H2;2-3,5,9H,1,4H2;1,3,5,9H,2,4H2;1-2,4,9H,3,5H2;2*1,3,5H,2,4H2;2*1-3H,4-5H2;1-3H,4H2. The molecule has 0 fully saturated rings. The van der Waals surface area contributed by atoms with Crippen LogP contribution < -0.4 is 40.2 Å². The van der Waals surface area contributed by atoms with Crippen molar-refractivity contribution in [3.8, 4) is 23.0 Å². The maximum Gasteiger partial charge on any atom is 0.231 e. The van der Waals surface area contributed by atoms with Gasteiger partial charge in [-0.3, -0.25) is 44.9 Å². The highest BCUT2D eigenvalue weighted by atomic mass is 16.7. The molecule has 2 aliphatic carbocycles. The summed E-state index contributed by atoms with van der Waals surface area (Å²) < 4.78 is 30.9. The Hall–Kier alpha value is -10.6. The lowest BCUT2D eigenvalue weighted by molar-refractivity contribution is 0.133. The first-order valence-electron chi connectivity index (χ1n) is 35.2. The van der Waals surface area contributed by atoms with Gasteiger partial charge in [0.1, 0.15) is 11.5 Å². The van der Waals surface area contributed by atoms with E-state index in [0.717, 1.165) is 127 Å². The van der Waals surface area contributed by atoms with Crippen LogP contribution in [0.4, 0.5) is 11.4 Å². The molecule has 518 valence electrons. The molecule has 0 atom stereocenters. The molecule has 0 radical (unpaired) electrons. The highest BCUT2D eigenvalue weighted by Gasteiger charge is 2.16. The molecule has 0 amide bonds. The number of hydrogen-bond acceptors (Lipinski definition) is 19. The minimum Gasteiger partial charge on any atom is -0.493 e. The molecule has 4 N–H and O–H groups in total. The van der Waals surface area contributed by atoms with Crippen molar-refractivity contribution in [3.63, 3.8) is 0 Å². The summed E-state index contributed by atoms with van der Waals surface area (Å²) in [5.74, 6) is 3.48. The van der Waals surface area contributed by atoms with Crippen LogP contribution in [0.1, 0.15) is 108 Å². The van der Waals surface area contributed by atoms with E-state index in [2.05, 4.69) is 139 Å². The summed E-state index contributed by atoms with van der Waals surface area (Å²) in [6.07, 6.45) is 45.8. The molecular weight excluding hydrogens is 1260 g/mol. The normalized spacial score (nSPS) is 15.2. The molecule has 11 aromatic rings. The number of pyridine rings is 9. The smallest absolute Gasteiger partial charge is 0.231 e. The van der Waals surface area contributed by atoms with E-state index in [9.17, 15) is 0 Å². The van der Waals surface area contributed by atoms with Crippen molar-refractivity contribution in [1.82, 2.24) is 55.5 Å². The fraction of sp³-hybridized carbons (Fsp3) is 0.305. The molecule has 0 bridgehead atoms. The first-order valence-corrected chi connectivity index (χ1v) is 35.2. The van der Waals surface area contributed by atoms with E-state index in [1.165, 1.54) is 135 Å². The Bertz CT molecular complexity index is 3340. The van der Waals surface area contributed by atoms with Crippen LogP contribution in [-0.4, -0.2) is 84.5 Å². The van der Waals surface area contributed by atoms with E-state index >= 15 is 0 Å². The summed E-state index contributed by atoms with van der Waals surface area (Å²) in [6.45, 7) is 11.2. The fourth-order valence-corrected chi connectivity index (χ4v) is 12.6. The fourth-order valence-electron chi connectivity index (χ4n) is 12.6. The Labute approximate surface area is 592 Å². The molecule has 0 spiro atoms. The Morgan fingerprint density at radius 1 is 0.267 bits per heavy atom. The van der Waals surface area contributed by atoms with Gasteiger partial charge in [0, 0.05) is 166 Å². The Kier molecular flexibility index (Phi) is 26.9. The number of ether oxygens (including phenoxy) is 6. The molecular formula is C82H89N13O6. The van der Waals surface area contributed by atoms with E-state index in [1.807, 2.05) is 92.3 Å². The second-order valence-electron chi connectivity index (χ2n) is 25.0. The second kappa shape index (κ2) is 38.7. The molecule has 18 heterocycles. The lowest BCUT2D eigenvalue weighted by atomic mass is 9.92. The van der Waals surface area contributed by atoms with E-state index in [4.69, 9.17) is 28.4 Å². The average molecular weight is 1350 g/mol. The zero-order valence-corrected chi connectivity index (χ0v) is 57.4. The topological polar surface area (TPSA) is 220 Å². The number of nitrogens with one attached hydrogen (secondary N) is 4. The largest absolute Gasteiger partial charge is 0.493 e. The quantitative estimate of drug-likeness (QED) is 0.111. The van der Waals surface area contributed by atoms with Crippen molar-refractivity contribution in [1.29, 1.82) is 0 Å². The number of fused-ring (bicyclic) bond motifs is 11. The van der Waals surface area contributed by atoms with Crippen molar-refractivity contribution in [2.24, 2.45) is 0 Å². The monoisotopic (exact) mass is 1350 g/mol. The van der Waals surface area contributed by atoms with Crippen molar-refractivity contribution in [3.05, 3.63) is 304 Å². The van der Waals surface area contributed by atoms with Crippen LogP contribution in [0.25, 0.3) is 0 Å². The van der Waals surface area contributed by atoms with Crippen LogP contribution in [0.5, 0.6) is 23.0 Å². The van der Waals surface area contributed by atoms with Gasteiger partial charge in [0.25, 0.3) is 0 Å². The van der Waals surface area contributed by atoms with Crippen LogP contribution in [0.3, 0.4) is 0 Å². The predicted octanol–water partition coefficient (Wildman–Crippen LogP) is 13.3. The molecule has 2 aromatic carbocycles. The van der Waals surface area contributed by atoms with E-state index in [1.54, 1.807) is 60.6 Å². The third-order valence-corrected chi connectivity index (χ3v) is 18.2. The summed E-state index contributed by atoms with van der Waals surface area (Å²) in [7, 11) is 0. The van der Waals surface area contributed by atoms with Gasteiger partial charge in [0.2, 0.25) is 6.79 Å². The van der Waals surface area contributed by atoms with Gasteiger partial charge in [-0.1, -0.05) is 54.6 Å². The molecule has 9 aromatic heterocycles. The zero-order valence-electron chi connectivity index (χ0n) is 57.4. The molecule has 0 saturated carbocycles. The molecule has 101 heavy (non-hydrogen) atoms. The van der Waals surface area contributed by atoms with Gasteiger partial charge >= 0.3 is 0 Å². The van der Waals surface area contributed by atoms with E-state index < -0.39 is 0 Å². The van der Waals surface area contributed by atoms with Crippen molar-refractivity contribution in [2.45, 2.75) is 123 Å². The van der Waals surface area contributed by atoms with Crippen molar-refractivity contribution >= 4 is 11.4 Å². The first-order chi connectivity index (χ1) is 50.1. The third kappa shape index (κ3) is 21.5. The van der Waals surface area contributed by atoms with Crippen LogP contribution in [0.2, 0.25) is 0 Å². The third-order valence-electron chi connectivity index (χ3n) is 18.2. The lowest BCUT2D eigenvalue weighted by Crippen LogP contribution is -2.23. The highest BCUT2D eigenvalue weighted by molar-refractivity contribution is 5.54. The van der Waals surface area contributed by atoms with Crippen molar-refractivity contribution < 1.29 is 28.4 Å². The molecule has 22 rings (SSSR count). The number of aromatic nitrogens is 9. The van der Waals surface area contributed by atoms with Crippen molar-refractivity contribution in [2.75, 3.05) is 50.3 Å². The summed E-state index contributed by atoms with van der Waals surface area (Å²) >= 11 is 0. The number of rotatable bonds is 0.